The van der Waals surface area contributed by atoms with E-state index in [1.807, 2.05) is 0 Å². The normalized spacial score (nSPS) is 21.3. The van der Waals surface area contributed by atoms with Crippen molar-refractivity contribution in [2.45, 2.75) is 18.6 Å². The first-order chi connectivity index (χ1) is 11.0. The molecule has 0 aromatic heterocycles. The molecule has 6 nitrogen and oxygen atoms in total. The summed E-state index contributed by atoms with van der Waals surface area (Å²) in [6.07, 6.45) is -0.143. The van der Waals surface area contributed by atoms with Crippen molar-refractivity contribution in [3.05, 3.63) is 35.6 Å². The van der Waals surface area contributed by atoms with Gasteiger partial charge in [0.15, 0.2) is 6.10 Å². The molecule has 1 aliphatic heterocycles. The van der Waals surface area contributed by atoms with Crippen LogP contribution < -0.4 is 5.32 Å². The molecule has 1 aromatic rings. The fourth-order valence-corrected chi connectivity index (χ4v) is 2.52. The van der Waals surface area contributed by atoms with E-state index >= 15 is 0 Å². The van der Waals surface area contributed by atoms with Crippen LogP contribution in [0.4, 0.5) is 4.39 Å². The summed E-state index contributed by atoms with van der Waals surface area (Å²) in [6.45, 7) is 0.857. The van der Waals surface area contributed by atoms with Crippen LogP contribution in [0.2, 0.25) is 0 Å². The van der Waals surface area contributed by atoms with Gasteiger partial charge >= 0.3 is 0 Å². The van der Waals surface area contributed by atoms with Gasteiger partial charge in [0, 0.05) is 27.3 Å². The lowest BCUT2D eigenvalue weighted by atomic mass is 9.97. The highest BCUT2D eigenvalue weighted by Crippen LogP contribution is 2.29. The molecule has 7 heteroatoms. The first-order valence-corrected chi connectivity index (χ1v) is 7.44. The summed E-state index contributed by atoms with van der Waals surface area (Å²) >= 11 is 0. The van der Waals surface area contributed by atoms with Gasteiger partial charge in [-0.05, 0) is 24.1 Å². The fourth-order valence-electron chi connectivity index (χ4n) is 2.52. The second-order valence-electron chi connectivity index (χ2n) is 5.37. The number of amides is 2. The van der Waals surface area contributed by atoms with E-state index in [0.29, 0.717) is 25.1 Å². The summed E-state index contributed by atoms with van der Waals surface area (Å²) in [5.41, 5.74) is 0.652. The third kappa shape index (κ3) is 4.27. The quantitative estimate of drug-likeness (QED) is 0.789. The summed E-state index contributed by atoms with van der Waals surface area (Å²) in [5, 5.41) is 2.78. The maximum absolute atomic E-state index is 13.1. The van der Waals surface area contributed by atoms with Gasteiger partial charge in [-0.2, -0.15) is 0 Å². The lowest BCUT2D eigenvalue weighted by Crippen LogP contribution is -2.53. The second-order valence-corrected chi connectivity index (χ2v) is 5.37. The second kappa shape index (κ2) is 8.03. The number of hydrogen-bond acceptors (Lipinski definition) is 4. The van der Waals surface area contributed by atoms with Crippen molar-refractivity contribution < 1.29 is 23.5 Å². The zero-order valence-electron chi connectivity index (χ0n) is 13.3. The predicted octanol–water partition coefficient (Wildman–Crippen LogP) is 0.877. The molecular formula is C16H21FN2O4. The summed E-state index contributed by atoms with van der Waals surface area (Å²) < 4.78 is 23.5. The van der Waals surface area contributed by atoms with Gasteiger partial charge in [-0.3, -0.25) is 9.59 Å². The Morgan fingerprint density at radius 1 is 1.43 bits per heavy atom. The van der Waals surface area contributed by atoms with Crippen molar-refractivity contribution in [3.63, 3.8) is 0 Å². The minimum absolute atomic E-state index is 0.148. The van der Waals surface area contributed by atoms with E-state index in [1.165, 1.54) is 17.0 Å². The number of benzene rings is 1. The van der Waals surface area contributed by atoms with Gasteiger partial charge in [-0.25, -0.2) is 4.39 Å². The van der Waals surface area contributed by atoms with Crippen molar-refractivity contribution in [3.8, 4) is 0 Å². The Morgan fingerprint density at radius 2 is 2.13 bits per heavy atom. The van der Waals surface area contributed by atoms with E-state index in [1.54, 1.807) is 26.3 Å². The smallest absolute Gasteiger partial charge is 0.251 e. The Bertz CT molecular complexity index is 550. The summed E-state index contributed by atoms with van der Waals surface area (Å²) in [6, 6.07) is 5.14. The zero-order chi connectivity index (χ0) is 16.8. The Morgan fingerprint density at radius 3 is 2.78 bits per heavy atom. The largest absolute Gasteiger partial charge is 0.385 e. The van der Waals surface area contributed by atoms with Gasteiger partial charge in [0.2, 0.25) is 5.91 Å². The predicted molar refractivity (Wildman–Crippen MR) is 81.2 cm³/mol. The van der Waals surface area contributed by atoms with Gasteiger partial charge in [0.1, 0.15) is 12.4 Å². The van der Waals surface area contributed by atoms with Crippen LogP contribution in [0.3, 0.4) is 0 Å². The molecule has 1 aliphatic rings. The number of halogens is 1. The Hall–Kier alpha value is -1.99. The molecule has 2 amide bonds. The molecule has 0 bridgehead atoms. The number of rotatable bonds is 6. The molecule has 1 heterocycles. The molecule has 2 atom stereocenters. The minimum Gasteiger partial charge on any atom is -0.385 e. The van der Waals surface area contributed by atoms with Crippen LogP contribution in [-0.4, -0.2) is 56.7 Å². The maximum atomic E-state index is 13.1. The maximum Gasteiger partial charge on any atom is 0.251 e. The lowest BCUT2D eigenvalue weighted by Gasteiger charge is -2.38. The number of ether oxygens (including phenoxy) is 2. The average Bonchev–Trinajstić information content (AvgIpc) is 2.55. The monoisotopic (exact) mass is 324 g/mol. The number of morpholine rings is 1. The number of methoxy groups -OCH3 is 1. The third-order valence-electron chi connectivity index (χ3n) is 3.78. The number of likely N-dealkylation sites (N-methyl/N-ethyl adjacent to an activating group) is 1. The first kappa shape index (κ1) is 17.4. The molecule has 1 aromatic carbocycles. The fraction of sp³-hybridized carbons (Fsp3) is 0.500. The van der Waals surface area contributed by atoms with Crippen LogP contribution in [0.5, 0.6) is 0 Å². The first-order valence-electron chi connectivity index (χ1n) is 7.44. The van der Waals surface area contributed by atoms with Gasteiger partial charge in [0.05, 0.1) is 6.04 Å². The number of nitrogens with zero attached hydrogens (tertiary/aromatic N) is 1. The molecule has 0 saturated carbocycles. The summed E-state index contributed by atoms with van der Waals surface area (Å²) in [5.74, 6) is -0.891. The van der Waals surface area contributed by atoms with Crippen LogP contribution in [0.1, 0.15) is 18.0 Å². The van der Waals surface area contributed by atoms with Crippen LogP contribution in [0.25, 0.3) is 0 Å². The zero-order valence-corrected chi connectivity index (χ0v) is 13.3. The summed E-state index contributed by atoms with van der Waals surface area (Å²) in [7, 11) is 3.21. The van der Waals surface area contributed by atoms with Crippen molar-refractivity contribution in [1.82, 2.24) is 10.2 Å². The molecule has 0 spiro atoms. The number of hydrogen-bond donors (Lipinski definition) is 1. The molecule has 0 unspecified atom stereocenters. The molecule has 23 heavy (non-hydrogen) atoms. The standard InChI is InChI=1S/C16H21FN2O4/c1-19-13(20)10-23-15(16(21)18-8-3-9-22-2)14(19)11-4-6-12(17)7-5-11/h4-7,14-15H,3,8-10H2,1-2H3,(H,18,21)/t14-,15+/m1/s1. The van der Waals surface area contributed by atoms with Gasteiger partial charge < -0.3 is 19.7 Å². The average molecular weight is 324 g/mol. The highest BCUT2D eigenvalue weighted by atomic mass is 19.1. The van der Waals surface area contributed by atoms with Crippen molar-refractivity contribution in [2.24, 2.45) is 0 Å². The molecule has 1 fully saturated rings. The SMILES string of the molecule is COCCCNC(=O)[C@H]1OCC(=O)N(C)[C@@H]1c1ccc(F)cc1. The molecule has 1 saturated heterocycles. The highest BCUT2D eigenvalue weighted by Gasteiger charge is 2.39. The Labute approximate surface area is 134 Å². The Kier molecular flexibility index (Phi) is 6.06. The minimum atomic E-state index is -0.828. The van der Waals surface area contributed by atoms with Crippen LogP contribution in [0, 0.1) is 5.82 Å². The molecular weight excluding hydrogens is 303 g/mol. The molecule has 1 N–H and O–H groups in total. The highest BCUT2D eigenvalue weighted by molar-refractivity contribution is 5.86. The van der Waals surface area contributed by atoms with Gasteiger partial charge in [-0.1, -0.05) is 12.1 Å². The summed E-state index contributed by atoms with van der Waals surface area (Å²) in [4.78, 5) is 25.7. The van der Waals surface area contributed by atoms with E-state index in [4.69, 9.17) is 9.47 Å². The Balaban J connectivity index is 2.13. The van der Waals surface area contributed by atoms with Crippen molar-refractivity contribution in [1.29, 1.82) is 0 Å². The lowest BCUT2D eigenvalue weighted by molar-refractivity contribution is -0.162. The van der Waals surface area contributed by atoms with Crippen LogP contribution >= 0.6 is 0 Å². The number of nitrogens with one attached hydrogen (secondary N) is 1. The van der Waals surface area contributed by atoms with Crippen molar-refractivity contribution >= 4 is 11.8 Å². The van der Waals surface area contributed by atoms with E-state index in [9.17, 15) is 14.0 Å². The third-order valence-corrected chi connectivity index (χ3v) is 3.78. The van der Waals surface area contributed by atoms with Crippen LogP contribution in [-0.2, 0) is 19.1 Å². The molecule has 0 radical (unpaired) electrons. The molecule has 2 rings (SSSR count). The van der Waals surface area contributed by atoms with E-state index in [-0.39, 0.29) is 24.2 Å². The molecule has 0 aliphatic carbocycles. The van der Waals surface area contributed by atoms with Crippen LogP contribution in [0.15, 0.2) is 24.3 Å². The topological polar surface area (TPSA) is 67.9 Å². The van der Waals surface area contributed by atoms with Gasteiger partial charge in [-0.15, -0.1) is 0 Å². The van der Waals surface area contributed by atoms with E-state index in [2.05, 4.69) is 5.32 Å². The van der Waals surface area contributed by atoms with Gasteiger partial charge in [0.25, 0.3) is 5.91 Å². The number of carbonyl (C=O) groups is 2. The van der Waals surface area contributed by atoms with E-state index < -0.39 is 12.1 Å². The van der Waals surface area contributed by atoms with E-state index in [0.717, 1.165) is 0 Å². The van der Waals surface area contributed by atoms with Crippen molar-refractivity contribution in [2.75, 3.05) is 33.9 Å². The number of carbonyl (C=O) groups excluding carboxylic acids is 2. The molecule has 126 valence electrons.